The van der Waals surface area contributed by atoms with E-state index in [1.807, 2.05) is 0 Å². The average Bonchev–Trinajstić information content (AvgIpc) is 3.15. The summed E-state index contributed by atoms with van der Waals surface area (Å²) in [6.45, 7) is 1.02. The van der Waals surface area contributed by atoms with Crippen LogP contribution in [0.15, 0.2) is 30.3 Å². The van der Waals surface area contributed by atoms with Crippen LogP contribution in [0.4, 0.5) is 0 Å². The standard InChI is InChI=1S/C36H50N6O14S/c1-19(43)37-25(17-29(48)49)34(53)38-23(13-15-28(46)47)32(51)42-30(21-10-6-3-7-11-21)35(54)39-22(12-14-27(44)45)31(50)40-24(16-20-8-4-2-5-9-20)33(52)41-26(18-57)36(55)56/h3,6-7,10-11,20,22-26,30,57H,2,4-5,8-9,12-18H2,1H3,(H,37,43)(H,38,53)(H,39,54)(H,40,50)(H,41,52)(H,42,51)(H,44,45)(H,46,47)(H,48,49)(H,55,56)/t22-,23-,24-,25-,26-,30-/m0/s1. The summed E-state index contributed by atoms with van der Waals surface area (Å²) in [5, 5.41) is 51.5. The number of carbonyl (C=O) groups is 10. The Bertz CT molecular complexity index is 1610. The van der Waals surface area contributed by atoms with Crippen LogP contribution in [0.5, 0.6) is 0 Å². The minimum atomic E-state index is -1.69. The van der Waals surface area contributed by atoms with Crippen LogP contribution in [0.25, 0.3) is 0 Å². The molecule has 1 aromatic rings. The molecule has 0 aliphatic heterocycles. The van der Waals surface area contributed by atoms with E-state index in [0.717, 1.165) is 39.0 Å². The molecule has 6 atom stereocenters. The molecule has 0 heterocycles. The highest BCUT2D eigenvalue weighted by molar-refractivity contribution is 7.80. The van der Waals surface area contributed by atoms with E-state index in [2.05, 4.69) is 44.5 Å². The van der Waals surface area contributed by atoms with Crippen molar-refractivity contribution in [2.75, 3.05) is 5.75 Å². The Kier molecular flexibility index (Phi) is 20.0. The van der Waals surface area contributed by atoms with Crippen molar-refractivity contribution in [1.82, 2.24) is 31.9 Å². The summed E-state index contributed by atoms with van der Waals surface area (Å²) < 4.78 is 0. The first kappa shape index (κ1) is 47.4. The van der Waals surface area contributed by atoms with Gasteiger partial charge in [0.2, 0.25) is 35.4 Å². The fraction of sp³-hybridized carbons (Fsp3) is 0.556. The number of rotatable bonds is 24. The molecule has 10 N–H and O–H groups in total. The van der Waals surface area contributed by atoms with E-state index in [0.29, 0.717) is 0 Å². The maximum Gasteiger partial charge on any atom is 0.327 e. The van der Waals surface area contributed by atoms with Gasteiger partial charge in [0.1, 0.15) is 36.3 Å². The van der Waals surface area contributed by atoms with E-state index in [-0.39, 0.29) is 23.7 Å². The van der Waals surface area contributed by atoms with Crippen molar-refractivity contribution in [2.24, 2.45) is 5.92 Å². The fourth-order valence-electron chi connectivity index (χ4n) is 6.14. The summed E-state index contributed by atoms with van der Waals surface area (Å²) in [7, 11) is 0. The summed E-state index contributed by atoms with van der Waals surface area (Å²) >= 11 is 3.97. The lowest BCUT2D eigenvalue weighted by Gasteiger charge is -2.29. The Morgan fingerprint density at radius 1 is 0.596 bits per heavy atom. The Balaban J connectivity index is 2.44. The highest BCUT2D eigenvalue weighted by atomic mass is 32.1. The zero-order chi connectivity index (χ0) is 42.7. The summed E-state index contributed by atoms with van der Waals surface area (Å²) in [5.41, 5.74) is 0.132. The molecule has 0 saturated heterocycles. The Morgan fingerprint density at radius 2 is 1.07 bits per heavy atom. The smallest absolute Gasteiger partial charge is 0.327 e. The van der Waals surface area contributed by atoms with E-state index in [4.69, 9.17) is 0 Å². The van der Waals surface area contributed by atoms with Crippen molar-refractivity contribution in [2.45, 2.75) is 114 Å². The maximum absolute atomic E-state index is 14.0. The third-order valence-electron chi connectivity index (χ3n) is 9.04. The van der Waals surface area contributed by atoms with Crippen LogP contribution in [0.3, 0.4) is 0 Å². The van der Waals surface area contributed by atoms with E-state index in [1.54, 1.807) is 6.07 Å². The van der Waals surface area contributed by atoms with Crippen LogP contribution in [-0.4, -0.2) is 116 Å². The van der Waals surface area contributed by atoms with Gasteiger partial charge >= 0.3 is 23.9 Å². The van der Waals surface area contributed by atoms with Crippen molar-refractivity contribution in [3.63, 3.8) is 0 Å². The van der Waals surface area contributed by atoms with Crippen molar-refractivity contribution >= 4 is 71.9 Å². The molecule has 1 aliphatic carbocycles. The second-order valence-electron chi connectivity index (χ2n) is 13.6. The van der Waals surface area contributed by atoms with Crippen LogP contribution < -0.4 is 31.9 Å². The lowest BCUT2D eigenvalue weighted by molar-refractivity contribution is -0.142. The van der Waals surface area contributed by atoms with Crippen molar-refractivity contribution in [1.29, 1.82) is 0 Å². The molecular formula is C36H50N6O14S. The normalized spacial score (nSPS) is 15.8. The van der Waals surface area contributed by atoms with Gasteiger partial charge in [-0.15, -0.1) is 0 Å². The van der Waals surface area contributed by atoms with Gasteiger partial charge in [-0.25, -0.2) is 4.79 Å². The van der Waals surface area contributed by atoms with Gasteiger partial charge in [-0.1, -0.05) is 62.4 Å². The molecule has 2 rings (SSSR count). The van der Waals surface area contributed by atoms with Gasteiger partial charge in [0.05, 0.1) is 6.42 Å². The Hall–Kier alpha value is -5.73. The summed E-state index contributed by atoms with van der Waals surface area (Å²) in [5.74, 6) is -11.7. The number of hydrogen-bond donors (Lipinski definition) is 11. The number of benzene rings is 1. The van der Waals surface area contributed by atoms with Gasteiger partial charge in [-0.3, -0.25) is 43.2 Å². The van der Waals surface area contributed by atoms with E-state index in [1.165, 1.54) is 24.3 Å². The second-order valence-corrected chi connectivity index (χ2v) is 13.9. The highest BCUT2D eigenvalue weighted by Crippen LogP contribution is 2.27. The third kappa shape index (κ3) is 17.3. The molecule has 6 amide bonds. The monoisotopic (exact) mass is 822 g/mol. The van der Waals surface area contributed by atoms with Crippen LogP contribution in [0, 0.1) is 5.92 Å². The molecule has 0 spiro atoms. The molecule has 0 radical (unpaired) electrons. The van der Waals surface area contributed by atoms with Crippen LogP contribution >= 0.6 is 12.6 Å². The first-order chi connectivity index (χ1) is 26.9. The first-order valence-electron chi connectivity index (χ1n) is 18.2. The minimum absolute atomic E-state index is 0.00831. The molecule has 21 heteroatoms. The average molecular weight is 823 g/mol. The Morgan fingerprint density at radius 3 is 1.56 bits per heavy atom. The molecule has 0 unspecified atom stereocenters. The van der Waals surface area contributed by atoms with E-state index >= 15 is 0 Å². The van der Waals surface area contributed by atoms with Gasteiger partial charge in [0.15, 0.2) is 0 Å². The van der Waals surface area contributed by atoms with Crippen LogP contribution in [0.2, 0.25) is 0 Å². The second kappa shape index (κ2) is 24.0. The fourth-order valence-corrected chi connectivity index (χ4v) is 6.38. The molecule has 0 bridgehead atoms. The quantitative estimate of drug-likeness (QED) is 0.0585. The van der Waals surface area contributed by atoms with Gasteiger partial charge in [0, 0.05) is 25.5 Å². The largest absolute Gasteiger partial charge is 0.481 e. The number of nitrogens with one attached hydrogen (secondary N) is 6. The topological polar surface area (TPSA) is 324 Å². The zero-order valence-corrected chi connectivity index (χ0v) is 32.1. The Labute approximate surface area is 333 Å². The predicted molar refractivity (Wildman–Crippen MR) is 201 cm³/mol. The number of amides is 6. The molecular weight excluding hydrogens is 772 g/mol. The molecule has 0 aromatic heterocycles. The lowest BCUT2D eigenvalue weighted by atomic mass is 9.84. The number of carboxylic acid groups (broad SMARTS) is 4. The number of thiol groups is 1. The van der Waals surface area contributed by atoms with E-state index < -0.39 is 128 Å². The summed E-state index contributed by atoms with van der Waals surface area (Å²) in [6.07, 6.45) is 1.14. The van der Waals surface area contributed by atoms with Gasteiger partial charge in [-0.05, 0) is 30.7 Å². The molecule has 1 fully saturated rings. The number of carboxylic acids is 4. The number of aliphatic carboxylic acids is 4. The predicted octanol–water partition coefficient (Wildman–Crippen LogP) is -0.523. The lowest BCUT2D eigenvalue weighted by Crippen LogP contribution is -2.58. The van der Waals surface area contributed by atoms with Crippen LogP contribution in [0.1, 0.15) is 89.2 Å². The maximum atomic E-state index is 14.0. The van der Waals surface area contributed by atoms with Crippen LogP contribution in [-0.2, 0) is 47.9 Å². The van der Waals surface area contributed by atoms with Gasteiger partial charge in [-0.2, -0.15) is 12.6 Å². The van der Waals surface area contributed by atoms with Crippen molar-refractivity contribution < 1.29 is 68.4 Å². The summed E-state index contributed by atoms with van der Waals surface area (Å²) in [6, 6.07) is -1.83. The van der Waals surface area contributed by atoms with Gasteiger partial charge in [0.25, 0.3) is 0 Å². The number of carbonyl (C=O) groups excluding carboxylic acids is 6. The molecule has 20 nitrogen and oxygen atoms in total. The molecule has 1 aromatic carbocycles. The zero-order valence-electron chi connectivity index (χ0n) is 31.2. The molecule has 1 saturated carbocycles. The molecule has 1 aliphatic rings. The number of hydrogen-bond acceptors (Lipinski definition) is 11. The third-order valence-corrected chi connectivity index (χ3v) is 9.40. The minimum Gasteiger partial charge on any atom is -0.481 e. The van der Waals surface area contributed by atoms with E-state index in [9.17, 15) is 68.4 Å². The van der Waals surface area contributed by atoms with Crippen molar-refractivity contribution in [3.05, 3.63) is 35.9 Å². The molecule has 314 valence electrons. The van der Waals surface area contributed by atoms with Crippen molar-refractivity contribution in [3.8, 4) is 0 Å². The summed E-state index contributed by atoms with van der Waals surface area (Å²) in [4.78, 5) is 126. The van der Waals surface area contributed by atoms with Gasteiger partial charge < -0.3 is 52.3 Å². The SMILES string of the molecule is CC(=O)N[C@@H](CC(=O)O)C(=O)N[C@@H](CCC(=O)O)C(=O)N[C@H](C(=O)N[C@@H](CCC(=O)O)C(=O)N[C@@H](CC1CCCCC1)C(=O)N[C@@H](CS)C(=O)O)c1ccccc1. The molecule has 57 heavy (non-hydrogen) atoms. The highest BCUT2D eigenvalue weighted by Gasteiger charge is 2.35. The first-order valence-corrected chi connectivity index (χ1v) is 18.9.